The van der Waals surface area contributed by atoms with Crippen molar-refractivity contribution in [2.45, 2.75) is 16.8 Å². The zero-order valence-electron chi connectivity index (χ0n) is 14.9. The first-order valence-corrected chi connectivity index (χ1v) is 9.88. The van der Waals surface area contributed by atoms with Gasteiger partial charge in [-0.05, 0) is 30.7 Å². The van der Waals surface area contributed by atoms with Crippen molar-refractivity contribution >= 4 is 15.7 Å². The van der Waals surface area contributed by atoms with E-state index >= 15 is 0 Å². The Morgan fingerprint density at radius 1 is 1.04 bits per heavy atom. The molecule has 0 aliphatic carbocycles. The molecule has 0 saturated carbocycles. The summed E-state index contributed by atoms with van der Waals surface area (Å²) in [5.41, 5.74) is 1.67. The molecule has 8 heteroatoms. The number of aryl methyl sites for hydroxylation is 1. The van der Waals surface area contributed by atoms with Gasteiger partial charge in [-0.3, -0.25) is 0 Å². The maximum Gasteiger partial charge on any atom is 0.233 e. The Morgan fingerprint density at radius 3 is 2.52 bits per heavy atom. The Balaban J connectivity index is 1.81. The van der Waals surface area contributed by atoms with Gasteiger partial charge in [0.1, 0.15) is 13.2 Å². The summed E-state index contributed by atoms with van der Waals surface area (Å²) >= 11 is 0. The summed E-state index contributed by atoms with van der Waals surface area (Å²) in [7, 11) is -2.33. The average Bonchev–Trinajstić information content (AvgIpc) is 3.13. The second kappa shape index (κ2) is 6.62. The standard InChI is InChI=1S/C19H18N2O5S/c1-12-5-3-4-6-14(12)17-21-19(18(20-2)26-17)27(22,23)13-7-8-15-16(11-13)25-10-9-24-15/h3-8,11,20H,9-10H2,1-2H3. The third kappa shape index (κ3) is 3.02. The lowest BCUT2D eigenvalue weighted by molar-refractivity contribution is 0.171. The van der Waals surface area contributed by atoms with Gasteiger partial charge in [-0.2, -0.15) is 4.98 Å². The maximum atomic E-state index is 13.2. The molecule has 0 fully saturated rings. The molecule has 3 aromatic rings. The van der Waals surface area contributed by atoms with Gasteiger partial charge in [0, 0.05) is 18.7 Å². The second-order valence-electron chi connectivity index (χ2n) is 6.03. The molecule has 4 rings (SSSR count). The van der Waals surface area contributed by atoms with E-state index in [0.29, 0.717) is 24.7 Å². The van der Waals surface area contributed by atoms with Gasteiger partial charge in [-0.1, -0.05) is 18.2 Å². The zero-order chi connectivity index (χ0) is 19.0. The van der Waals surface area contributed by atoms with Crippen LogP contribution in [-0.4, -0.2) is 33.7 Å². The highest BCUT2D eigenvalue weighted by Gasteiger charge is 2.29. The third-order valence-electron chi connectivity index (χ3n) is 4.28. The maximum absolute atomic E-state index is 13.2. The lowest BCUT2D eigenvalue weighted by Gasteiger charge is -2.18. The molecule has 1 aromatic heterocycles. The van der Waals surface area contributed by atoms with Crippen LogP contribution in [-0.2, 0) is 9.84 Å². The molecule has 0 saturated heterocycles. The fraction of sp³-hybridized carbons (Fsp3) is 0.211. The van der Waals surface area contributed by atoms with Crippen molar-refractivity contribution in [3.8, 4) is 23.0 Å². The molecule has 2 heterocycles. The number of sulfone groups is 1. The summed E-state index contributed by atoms with van der Waals surface area (Å²) < 4.78 is 43.0. The van der Waals surface area contributed by atoms with Crippen LogP contribution in [0.3, 0.4) is 0 Å². The van der Waals surface area contributed by atoms with Gasteiger partial charge < -0.3 is 19.2 Å². The molecule has 0 spiro atoms. The first-order chi connectivity index (χ1) is 13.0. The summed E-state index contributed by atoms with van der Waals surface area (Å²) in [6.45, 7) is 2.72. The second-order valence-corrected chi connectivity index (χ2v) is 7.89. The Bertz CT molecular complexity index is 1110. The first kappa shape index (κ1) is 17.4. The number of ether oxygens (including phenoxy) is 2. The van der Waals surface area contributed by atoms with E-state index in [1.165, 1.54) is 12.1 Å². The summed E-state index contributed by atoms with van der Waals surface area (Å²) in [6.07, 6.45) is 0. The number of oxazole rings is 1. The van der Waals surface area contributed by atoms with Crippen LogP contribution >= 0.6 is 0 Å². The molecule has 2 aromatic carbocycles. The SMILES string of the molecule is CNc1oc(-c2ccccc2C)nc1S(=O)(=O)c1ccc2c(c1)OCCO2. The number of anilines is 1. The van der Waals surface area contributed by atoms with Crippen molar-refractivity contribution in [1.82, 2.24) is 4.98 Å². The molecule has 0 atom stereocenters. The van der Waals surface area contributed by atoms with Gasteiger partial charge in [0.15, 0.2) is 11.5 Å². The average molecular weight is 386 g/mol. The van der Waals surface area contributed by atoms with Crippen molar-refractivity contribution in [2.24, 2.45) is 0 Å². The van der Waals surface area contributed by atoms with Gasteiger partial charge in [-0.25, -0.2) is 8.42 Å². The predicted molar refractivity (Wildman–Crippen MR) is 99.1 cm³/mol. The van der Waals surface area contributed by atoms with E-state index in [-0.39, 0.29) is 21.7 Å². The molecule has 0 bridgehead atoms. The molecule has 0 amide bonds. The van der Waals surface area contributed by atoms with Crippen molar-refractivity contribution in [1.29, 1.82) is 0 Å². The van der Waals surface area contributed by atoms with Crippen LogP contribution in [0.1, 0.15) is 5.56 Å². The van der Waals surface area contributed by atoms with Crippen molar-refractivity contribution < 1.29 is 22.3 Å². The van der Waals surface area contributed by atoms with Crippen molar-refractivity contribution in [2.75, 3.05) is 25.6 Å². The fourth-order valence-corrected chi connectivity index (χ4v) is 4.20. The molecule has 1 N–H and O–H groups in total. The molecular formula is C19H18N2O5S. The van der Waals surface area contributed by atoms with E-state index in [1.807, 2.05) is 31.2 Å². The molecule has 1 aliphatic rings. The van der Waals surface area contributed by atoms with Crippen LogP contribution in [0.5, 0.6) is 11.5 Å². The minimum atomic E-state index is -3.92. The number of nitrogens with zero attached hydrogens (tertiary/aromatic N) is 1. The normalized spacial score (nSPS) is 13.4. The largest absolute Gasteiger partial charge is 0.486 e. The third-order valence-corrected chi connectivity index (χ3v) is 5.94. The van der Waals surface area contributed by atoms with Crippen LogP contribution in [0.25, 0.3) is 11.5 Å². The van der Waals surface area contributed by atoms with Gasteiger partial charge >= 0.3 is 0 Å². The highest BCUT2D eigenvalue weighted by molar-refractivity contribution is 7.91. The van der Waals surface area contributed by atoms with E-state index in [2.05, 4.69) is 10.3 Å². The number of benzene rings is 2. The molecule has 27 heavy (non-hydrogen) atoms. The van der Waals surface area contributed by atoms with E-state index in [4.69, 9.17) is 13.9 Å². The number of hydrogen-bond donors (Lipinski definition) is 1. The van der Waals surface area contributed by atoms with Gasteiger partial charge in [-0.15, -0.1) is 0 Å². The van der Waals surface area contributed by atoms with Crippen LogP contribution in [0.15, 0.2) is 56.8 Å². The minimum absolute atomic E-state index is 0.0629. The Labute approximate surface area is 156 Å². The van der Waals surface area contributed by atoms with E-state index in [1.54, 1.807) is 13.1 Å². The quantitative estimate of drug-likeness (QED) is 0.736. The van der Waals surface area contributed by atoms with E-state index < -0.39 is 9.84 Å². The number of fused-ring (bicyclic) bond motifs is 1. The summed E-state index contributed by atoms with van der Waals surface area (Å²) in [5.74, 6) is 1.25. The topological polar surface area (TPSA) is 90.7 Å². The van der Waals surface area contributed by atoms with Crippen molar-refractivity contribution in [3.05, 3.63) is 48.0 Å². The van der Waals surface area contributed by atoms with Gasteiger partial charge in [0.25, 0.3) is 0 Å². The Kier molecular flexibility index (Phi) is 4.27. The fourth-order valence-electron chi connectivity index (χ4n) is 2.88. The van der Waals surface area contributed by atoms with Crippen LogP contribution in [0.4, 0.5) is 5.88 Å². The van der Waals surface area contributed by atoms with E-state index in [9.17, 15) is 8.42 Å². The van der Waals surface area contributed by atoms with Gasteiger partial charge in [0.05, 0.1) is 4.90 Å². The van der Waals surface area contributed by atoms with Crippen LogP contribution < -0.4 is 14.8 Å². The van der Waals surface area contributed by atoms with Crippen LogP contribution in [0.2, 0.25) is 0 Å². The monoisotopic (exact) mass is 386 g/mol. The zero-order valence-corrected chi connectivity index (χ0v) is 15.7. The van der Waals surface area contributed by atoms with Crippen LogP contribution in [0, 0.1) is 6.92 Å². The number of nitrogens with one attached hydrogen (secondary N) is 1. The molecule has 7 nitrogen and oxygen atoms in total. The molecule has 1 aliphatic heterocycles. The Morgan fingerprint density at radius 2 is 1.78 bits per heavy atom. The number of aromatic nitrogens is 1. The highest BCUT2D eigenvalue weighted by atomic mass is 32.2. The smallest absolute Gasteiger partial charge is 0.233 e. The first-order valence-electron chi connectivity index (χ1n) is 8.40. The number of hydrogen-bond acceptors (Lipinski definition) is 7. The molecule has 140 valence electrons. The lowest BCUT2D eigenvalue weighted by Crippen LogP contribution is -2.16. The molecule has 0 radical (unpaired) electrons. The summed E-state index contributed by atoms with van der Waals surface area (Å²) in [6, 6.07) is 12.0. The van der Waals surface area contributed by atoms with E-state index in [0.717, 1.165) is 11.1 Å². The predicted octanol–water partition coefficient (Wildman–Crippen LogP) is 3.30. The molecule has 0 unspecified atom stereocenters. The minimum Gasteiger partial charge on any atom is -0.486 e. The van der Waals surface area contributed by atoms with Gasteiger partial charge in [0.2, 0.25) is 26.6 Å². The summed E-state index contributed by atoms with van der Waals surface area (Å²) in [5, 5.41) is 2.61. The highest BCUT2D eigenvalue weighted by Crippen LogP contribution is 2.37. The lowest BCUT2D eigenvalue weighted by atomic mass is 10.1. The Hall–Kier alpha value is -3.00. The summed E-state index contributed by atoms with van der Waals surface area (Å²) in [4.78, 5) is 4.35. The van der Waals surface area contributed by atoms with Crippen molar-refractivity contribution in [3.63, 3.8) is 0 Å². The number of rotatable bonds is 4. The molecular weight excluding hydrogens is 368 g/mol.